The van der Waals surface area contributed by atoms with E-state index in [0.29, 0.717) is 36.2 Å². The Balaban J connectivity index is 2.38. The van der Waals surface area contributed by atoms with Gasteiger partial charge in [-0.2, -0.15) is 0 Å². The average Bonchev–Trinajstić information content (AvgIpc) is 2.23. The lowest BCUT2D eigenvalue weighted by atomic mass is 9.87. The van der Waals surface area contributed by atoms with E-state index in [1.807, 2.05) is 0 Å². The summed E-state index contributed by atoms with van der Waals surface area (Å²) >= 11 is 3.17. The first-order valence-electron chi connectivity index (χ1n) is 4.73. The number of pyridine rings is 1. The van der Waals surface area contributed by atoms with Gasteiger partial charge in [0.1, 0.15) is 10.4 Å². The third-order valence-corrected chi connectivity index (χ3v) is 3.08. The summed E-state index contributed by atoms with van der Waals surface area (Å²) in [6.45, 7) is 0.908. The minimum atomic E-state index is -1.12. The van der Waals surface area contributed by atoms with Crippen LogP contribution in [0.25, 0.3) is 0 Å². The molecule has 0 saturated carbocycles. The van der Waals surface area contributed by atoms with Crippen molar-refractivity contribution in [3.63, 3.8) is 0 Å². The van der Waals surface area contributed by atoms with Gasteiger partial charge in [-0.3, -0.25) is 0 Å². The Morgan fingerprint density at radius 2 is 2.13 bits per heavy atom. The largest absolute Gasteiger partial charge is 0.385 e. The zero-order chi connectivity index (χ0) is 10.9. The molecule has 1 aromatic rings. The molecule has 0 radical (unpaired) electrons. The molecule has 0 atom stereocenters. The fourth-order valence-corrected chi connectivity index (χ4v) is 2.08. The monoisotopic (exact) mass is 275 g/mol. The molecule has 15 heavy (non-hydrogen) atoms. The lowest BCUT2D eigenvalue weighted by molar-refractivity contribution is -0.0699. The number of ether oxygens (including phenoxy) is 1. The Morgan fingerprint density at radius 1 is 1.47 bits per heavy atom. The first-order valence-corrected chi connectivity index (χ1v) is 5.53. The first-order chi connectivity index (χ1) is 7.12. The maximum atomic E-state index is 13.5. The summed E-state index contributed by atoms with van der Waals surface area (Å²) in [4.78, 5) is 3.76. The highest BCUT2D eigenvalue weighted by atomic mass is 79.9. The zero-order valence-corrected chi connectivity index (χ0v) is 9.63. The Bertz CT molecular complexity index is 366. The summed E-state index contributed by atoms with van der Waals surface area (Å²) < 4.78 is 19.2. The van der Waals surface area contributed by atoms with E-state index in [9.17, 15) is 9.50 Å². The van der Waals surface area contributed by atoms with Crippen molar-refractivity contribution in [3.8, 4) is 0 Å². The fourth-order valence-electron chi connectivity index (χ4n) is 1.75. The van der Waals surface area contributed by atoms with Crippen LogP contribution in [0.2, 0.25) is 0 Å². The SMILES string of the molecule is OC1(c2cc(Br)ncc2F)CCOCC1. The predicted molar refractivity (Wildman–Crippen MR) is 55.8 cm³/mol. The molecule has 0 aliphatic carbocycles. The highest BCUT2D eigenvalue weighted by Crippen LogP contribution is 2.34. The van der Waals surface area contributed by atoms with Crippen LogP contribution in [-0.2, 0) is 10.3 Å². The van der Waals surface area contributed by atoms with Gasteiger partial charge in [0.05, 0.1) is 11.8 Å². The lowest BCUT2D eigenvalue weighted by Gasteiger charge is -2.32. The fraction of sp³-hybridized carbons (Fsp3) is 0.500. The molecule has 1 N–H and O–H groups in total. The molecule has 5 heteroatoms. The molecule has 1 aromatic heterocycles. The van der Waals surface area contributed by atoms with Crippen LogP contribution in [0, 0.1) is 5.82 Å². The van der Waals surface area contributed by atoms with Crippen molar-refractivity contribution in [2.45, 2.75) is 18.4 Å². The van der Waals surface area contributed by atoms with Crippen molar-refractivity contribution in [2.75, 3.05) is 13.2 Å². The van der Waals surface area contributed by atoms with Gasteiger partial charge in [-0.15, -0.1) is 0 Å². The highest BCUT2D eigenvalue weighted by Gasteiger charge is 2.34. The molecule has 1 aliphatic rings. The third-order valence-electron chi connectivity index (χ3n) is 2.64. The topological polar surface area (TPSA) is 42.4 Å². The van der Waals surface area contributed by atoms with E-state index >= 15 is 0 Å². The van der Waals surface area contributed by atoms with Crippen molar-refractivity contribution in [1.29, 1.82) is 0 Å². The van der Waals surface area contributed by atoms with Crippen LogP contribution in [0.4, 0.5) is 4.39 Å². The number of aromatic nitrogens is 1. The van der Waals surface area contributed by atoms with Crippen molar-refractivity contribution in [1.82, 2.24) is 4.98 Å². The van der Waals surface area contributed by atoms with Gasteiger partial charge in [0.2, 0.25) is 0 Å². The molecule has 0 aromatic carbocycles. The summed E-state index contributed by atoms with van der Waals surface area (Å²) in [7, 11) is 0. The maximum Gasteiger partial charge on any atom is 0.147 e. The summed E-state index contributed by atoms with van der Waals surface area (Å²) in [6, 6.07) is 1.53. The van der Waals surface area contributed by atoms with Crippen LogP contribution in [-0.4, -0.2) is 23.3 Å². The molecule has 82 valence electrons. The number of aliphatic hydroxyl groups is 1. The zero-order valence-electron chi connectivity index (χ0n) is 8.04. The van der Waals surface area contributed by atoms with Crippen LogP contribution in [0.5, 0.6) is 0 Å². The smallest absolute Gasteiger partial charge is 0.147 e. The summed E-state index contributed by atoms with van der Waals surface area (Å²) in [6.07, 6.45) is 1.95. The Kier molecular flexibility index (Phi) is 3.04. The molecule has 1 fully saturated rings. The standard InChI is InChI=1S/C10H11BrFNO2/c11-9-5-7(8(12)6-13-9)10(14)1-3-15-4-2-10/h5-6,14H,1-4H2. The lowest BCUT2D eigenvalue weighted by Crippen LogP contribution is -2.34. The Hall–Kier alpha value is -0.520. The van der Waals surface area contributed by atoms with Gasteiger partial charge < -0.3 is 9.84 Å². The number of nitrogens with zero attached hydrogens (tertiary/aromatic N) is 1. The van der Waals surface area contributed by atoms with E-state index in [1.165, 1.54) is 6.07 Å². The van der Waals surface area contributed by atoms with Crippen molar-refractivity contribution in [2.24, 2.45) is 0 Å². The van der Waals surface area contributed by atoms with Gasteiger partial charge in [-0.25, -0.2) is 9.37 Å². The molecule has 1 saturated heterocycles. The molecular formula is C10H11BrFNO2. The van der Waals surface area contributed by atoms with Crippen molar-refractivity contribution < 1.29 is 14.2 Å². The summed E-state index contributed by atoms with van der Waals surface area (Å²) in [5.74, 6) is -0.470. The molecular weight excluding hydrogens is 265 g/mol. The third kappa shape index (κ3) is 2.19. The van der Waals surface area contributed by atoms with Gasteiger partial charge in [0, 0.05) is 31.6 Å². The molecule has 2 heterocycles. The number of rotatable bonds is 1. The number of hydrogen-bond donors (Lipinski definition) is 1. The van der Waals surface area contributed by atoms with Gasteiger partial charge >= 0.3 is 0 Å². The second-order valence-electron chi connectivity index (χ2n) is 3.63. The number of halogens is 2. The van der Waals surface area contributed by atoms with E-state index in [0.717, 1.165) is 6.20 Å². The molecule has 2 rings (SSSR count). The second kappa shape index (κ2) is 4.15. The van der Waals surface area contributed by atoms with Crippen molar-refractivity contribution >= 4 is 15.9 Å². The van der Waals surface area contributed by atoms with E-state index in [-0.39, 0.29) is 0 Å². The van der Waals surface area contributed by atoms with Gasteiger partial charge in [0.15, 0.2) is 0 Å². The first kappa shape index (κ1) is 11.0. The van der Waals surface area contributed by atoms with Gasteiger partial charge in [-0.1, -0.05) is 0 Å². The molecule has 0 unspecified atom stereocenters. The second-order valence-corrected chi connectivity index (χ2v) is 4.44. The van der Waals surface area contributed by atoms with Gasteiger partial charge in [-0.05, 0) is 22.0 Å². The average molecular weight is 276 g/mol. The van der Waals surface area contributed by atoms with Crippen LogP contribution < -0.4 is 0 Å². The van der Waals surface area contributed by atoms with E-state index in [4.69, 9.17) is 4.74 Å². The molecule has 0 amide bonds. The van der Waals surface area contributed by atoms with E-state index < -0.39 is 11.4 Å². The minimum absolute atomic E-state index is 0.299. The van der Waals surface area contributed by atoms with E-state index in [2.05, 4.69) is 20.9 Å². The molecule has 3 nitrogen and oxygen atoms in total. The minimum Gasteiger partial charge on any atom is -0.385 e. The van der Waals surface area contributed by atoms with Crippen LogP contribution >= 0.6 is 15.9 Å². The quantitative estimate of drug-likeness (QED) is 0.797. The summed E-state index contributed by atoms with van der Waals surface area (Å²) in [5.41, 5.74) is -0.818. The van der Waals surface area contributed by atoms with Gasteiger partial charge in [0.25, 0.3) is 0 Å². The van der Waals surface area contributed by atoms with E-state index in [1.54, 1.807) is 0 Å². The molecule has 0 spiro atoms. The van der Waals surface area contributed by atoms with Crippen LogP contribution in [0.1, 0.15) is 18.4 Å². The van der Waals surface area contributed by atoms with Crippen molar-refractivity contribution in [3.05, 3.63) is 28.2 Å². The predicted octanol–water partition coefficient (Wildman–Crippen LogP) is 1.98. The molecule has 1 aliphatic heterocycles. The Morgan fingerprint density at radius 3 is 2.80 bits per heavy atom. The maximum absolute atomic E-state index is 13.5. The molecule has 0 bridgehead atoms. The highest BCUT2D eigenvalue weighted by molar-refractivity contribution is 9.10. The number of hydrogen-bond acceptors (Lipinski definition) is 3. The normalized spacial score (nSPS) is 20.2. The van der Waals surface area contributed by atoms with Crippen LogP contribution in [0.15, 0.2) is 16.9 Å². The summed E-state index contributed by atoms with van der Waals surface area (Å²) in [5, 5.41) is 10.3. The Labute approximate surface area is 95.4 Å². The van der Waals surface area contributed by atoms with Crippen LogP contribution in [0.3, 0.4) is 0 Å².